The molecule has 0 aliphatic carbocycles. The fourth-order valence-corrected chi connectivity index (χ4v) is 5.39. The Morgan fingerprint density at radius 1 is 0.906 bits per heavy atom. The largest absolute Gasteiger partial charge is 0.417 e. The van der Waals surface area contributed by atoms with Crippen LogP contribution in [0.3, 0.4) is 0 Å². The number of rotatable bonds is 3. The summed E-state index contributed by atoms with van der Waals surface area (Å²) in [5, 5.41) is 0. The molecular weight excluding hydrogens is 419 g/mol. The van der Waals surface area contributed by atoms with Gasteiger partial charge >= 0.3 is 6.18 Å². The van der Waals surface area contributed by atoms with Crippen molar-refractivity contribution >= 4 is 11.7 Å². The van der Waals surface area contributed by atoms with Gasteiger partial charge < -0.3 is 9.80 Å². The van der Waals surface area contributed by atoms with Crippen molar-refractivity contribution < 1.29 is 18.0 Å². The minimum Gasteiger partial charge on any atom is -0.342 e. The first-order valence-corrected chi connectivity index (χ1v) is 10.5. The van der Waals surface area contributed by atoms with Crippen LogP contribution in [0.5, 0.6) is 0 Å². The molecule has 2 bridgehead atoms. The second-order valence-electron chi connectivity index (χ2n) is 8.33. The Morgan fingerprint density at radius 2 is 1.59 bits per heavy atom. The van der Waals surface area contributed by atoms with E-state index in [1.54, 1.807) is 24.5 Å². The molecule has 1 amide bonds. The molecular formula is C23H18F3N5O. The molecule has 3 aromatic rings. The Kier molecular flexibility index (Phi) is 4.05. The average Bonchev–Trinajstić information content (AvgIpc) is 3.32. The number of alkyl halides is 3. The fraction of sp³-hybridized carbons (Fsp3) is 0.304. The smallest absolute Gasteiger partial charge is 0.342 e. The third-order valence-corrected chi connectivity index (χ3v) is 6.70. The zero-order valence-corrected chi connectivity index (χ0v) is 16.8. The van der Waals surface area contributed by atoms with Crippen LogP contribution < -0.4 is 4.90 Å². The van der Waals surface area contributed by atoms with Crippen molar-refractivity contribution in [2.75, 3.05) is 4.90 Å². The third kappa shape index (κ3) is 2.80. The molecule has 6 rings (SSSR count). The van der Waals surface area contributed by atoms with Gasteiger partial charge in [0.05, 0.1) is 35.3 Å². The molecule has 4 atom stereocenters. The number of hydrogen-bond donors (Lipinski definition) is 0. The molecule has 5 heterocycles. The molecule has 0 saturated carbocycles. The van der Waals surface area contributed by atoms with Crippen molar-refractivity contribution in [2.24, 2.45) is 0 Å². The Balaban J connectivity index is 1.26. The molecule has 9 heteroatoms. The monoisotopic (exact) mass is 437 g/mol. The quantitative estimate of drug-likeness (QED) is 0.584. The van der Waals surface area contributed by atoms with Gasteiger partial charge in [0.1, 0.15) is 5.82 Å². The molecule has 3 fully saturated rings. The lowest BCUT2D eigenvalue weighted by atomic mass is 10.0. The summed E-state index contributed by atoms with van der Waals surface area (Å²) in [5.74, 6) is 0.993. The van der Waals surface area contributed by atoms with Crippen LogP contribution in [0.25, 0.3) is 11.4 Å². The molecule has 0 spiro atoms. The standard InChI is InChI=1S/C23H18F3N5O/c24-23(25,26)13-6-9-18(29-12-13)31-19-16-7-8-17(20(19)31)30(16)22(32)15-5-2-1-4-14(15)21-27-10-3-11-28-21/h1-6,9-12,16-17,19-20H,7-8H2. The van der Waals surface area contributed by atoms with Crippen molar-refractivity contribution in [3.8, 4) is 11.4 Å². The number of pyridine rings is 1. The maximum atomic E-state index is 13.6. The van der Waals surface area contributed by atoms with E-state index in [2.05, 4.69) is 19.9 Å². The highest BCUT2D eigenvalue weighted by Crippen LogP contribution is 2.54. The topological polar surface area (TPSA) is 62.0 Å². The molecule has 4 unspecified atom stereocenters. The summed E-state index contributed by atoms with van der Waals surface area (Å²) in [5.41, 5.74) is 0.503. The van der Waals surface area contributed by atoms with E-state index in [1.165, 1.54) is 6.07 Å². The van der Waals surface area contributed by atoms with E-state index in [4.69, 9.17) is 0 Å². The number of anilines is 1. The van der Waals surface area contributed by atoms with E-state index in [9.17, 15) is 18.0 Å². The summed E-state index contributed by atoms with van der Waals surface area (Å²) in [6.45, 7) is 0. The summed E-state index contributed by atoms with van der Waals surface area (Å²) < 4.78 is 38.6. The van der Waals surface area contributed by atoms with E-state index in [0.29, 0.717) is 22.8 Å². The molecule has 32 heavy (non-hydrogen) atoms. The van der Waals surface area contributed by atoms with E-state index in [0.717, 1.165) is 25.1 Å². The summed E-state index contributed by atoms with van der Waals surface area (Å²) in [7, 11) is 0. The van der Waals surface area contributed by atoms with Crippen LogP contribution in [0.15, 0.2) is 61.1 Å². The first-order chi connectivity index (χ1) is 15.4. The molecule has 6 nitrogen and oxygen atoms in total. The van der Waals surface area contributed by atoms with E-state index in [1.807, 2.05) is 23.1 Å². The lowest BCUT2D eigenvalue weighted by Crippen LogP contribution is -2.43. The number of carbonyl (C=O) groups excluding carboxylic acids is 1. The Labute approximate surface area is 181 Å². The number of piperazine rings is 1. The summed E-state index contributed by atoms with van der Waals surface area (Å²) in [4.78, 5) is 30.2. The molecule has 1 aromatic carbocycles. The first-order valence-electron chi connectivity index (χ1n) is 10.5. The molecule has 0 radical (unpaired) electrons. The number of aromatic nitrogens is 3. The highest BCUT2D eigenvalue weighted by Gasteiger charge is 2.69. The molecule has 2 aromatic heterocycles. The number of nitrogens with zero attached hydrogens (tertiary/aromatic N) is 5. The van der Waals surface area contributed by atoms with Gasteiger partial charge in [-0.3, -0.25) is 4.79 Å². The number of carbonyl (C=O) groups is 1. The zero-order chi connectivity index (χ0) is 22.0. The van der Waals surface area contributed by atoms with Gasteiger partial charge in [-0.05, 0) is 37.1 Å². The molecule has 3 saturated heterocycles. The van der Waals surface area contributed by atoms with Gasteiger partial charge in [0.15, 0.2) is 5.82 Å². The van der Waals surface area contributed by atoms with Gasteiger partial charge in [-0.1, -0.05) is 18.2 Å². The van der Waals surface area contributed by atoms with Gasteiger partial charge in [-0.15, -0.1) is 0 Å². The number of halogens is 3. The van der Waals surface area contributed by atoms with Crippen LogP contribution in [0.2, 0.25) is 0 Å². The number of benzene rings is 1. The van der Waals surface area contributed by atoms with Gasteiger partial charge in [0.25, 0.3) is 5.91 Å². The normalized spacial score (nSPS) is 25.7. The number of hydrogen-bond acceptors (Lipinski definition) is 5. The van der Waals surface area contributed by atoms with E-state index in [-0.39, 0.29) is 30.1 Å². The summed E-state index contributed by atoms with van der Waals surface area (Å²) in [6, 6.07) is 11.8. The van der Waals surface area contributed by atoms with Gasteiger partial charge in [-0.25, -0.2) is 15.0 Å². The van der Waals surface area contributed by atoms with E-state index < -0.39 is 11.7 Å². The average molecular weight is 437 g/mol. The third-order valence-electron chi connectivity index (χ3n) is 6.70. The van der Waals surface area contributed by atoms with Crippen molar-refractivity contribution in [1.29, 1.82) is 0 Å². The van der Waals surface area contributed by atoms with Crippen LogP contribution in [-0.4, -0.2) is 49.9 Å². The summed E-state index contributed by atoms with van der Waals surface area (Å²) in [6.07, 6.45) is 1.51. The zero-order valence-electron chi connectivity index (χ0n) is 16.8. The van der Waals surface area contributed by atoms with Gasteiger partial charge in [0, 0.05) is 24.2 Å². The number of fused-ring (bicyclic) bond motifs is 5. The highest BCUT2D eigenvalue weighted by atomic mass is 19.4. The van der Waals surface area contributed by atoms with Crippen LogP contribution >= 0.6 is 0 Å². The van der Waals surface area contributed by atoms with Crippen molar-refractivity contribution in [3.63, 3.8) is 0 Å². The van der Waals surface area contributed by atoms with Crippen LogP contribution in [0, 0.1) is 0 Å². The second-order valence-corrected chi connectivity index (χ2v) is 8.33. The van der Waals surface area contributed by atoms with Gasteiger partial charge in [0.2, 0.25) is 0 Å². The van der Waals surface area contributed by atoms with Crippen molar-refractivity contribution in [3.05, 3.63) is 72.2 Å². The second kappa shape index (κ2) is 6.75. The fourth-order valence-electron chi connectivity index (χ4n) is 5.39. The predicted molar refractivity (Wildman–Crippen MR) is 110 cm³/mol. The van der Waals surface area contributed by atoms with E-state index >= 15 is 0 Å². The van der Waals surface area contributed by atoms with Crippen LogP contribution in [0.1, 0.15) is 28.8 Å². The lowest BCUT2D eigenvalue weighted by Gasteiger charge is -2.29. The minimum atomic E-state index is -4.40. The van der Waals surface area contributed by atoms with Crippen LogP contribution in [-0.2, 0) is 6.18 Å². The molecule has 3 aliphatic heterocycles. The highest BCUT2D eigenvalue weighted by molar-refractivity contribution is 6.01. The SMILES string of the molecule is O=C(c1ccccc1-c1ncccn1)N1C2CCC1C1C2N1c1ccc(C(F)(F)F)cn1. The van der Waals surface area contributed by atoms with Crippen molar-refractivity contribution in [2.45, 2.75) is 43.2 Å². The predicted octanol–water partition coefficient (Wildman–Crippen LogP) is 3.80. The molecule has 162 valence electrons. The number of amides is 1. The minimum absolute atomic E-state index is 0.0198. The lowest BCUT2D eigenvalue weighted by molar-refractivity contribution is -0.137. The van der Waals surface area contributed by atoms with Gasteiger partial charge in [-0.2, -0.15) is 13.2 Å². The molecule has 0 N–H and O–H groups in total. The maximum absolute atomic E-state index is 13.6. The van der Waals surface area contributed by atoms with Crippen LogP contribution in [0.4, 0.5) is 19.0 Å². The Hall–Kier alpha value is -3.49. The Morgan fingerprint density at radius 3 is 2.22 bits per heavy atom. The Bertz CT molecular complexity index is 1170. The summed E-state index contributed by atoms with van der Waals surface area (Å²) >= 11 is 0. The van der Waals surface area contributed by atoms with Crippen molar-refractivity contribution in [1.82, 2.24) is 19.9 Å². The maximum Gasteiger partial charge on any atom is 0.417 e. The molecule has 3 aliphatic rings. The first kappa shape index (κ1) is 19.2.